The van der Waals surface area contributed by atoms with Gasteiger partial charge in [-0.3, -0.25) is 0 Å². The van der Waals surface area contributed by atoms with Gasteiger partial charge in [-0.05, 0) is 31.0 Å². The van der Waals surface area contributed by atoms with E-state index in [1.54, 1.807) is 7.11 Å². The monoisotopic (exact) mass is 301 g/mol. The van der Waals surface area contributed by atoms with Gasteiger partial charge in [-0.2, -0.15) is 0 Å². The Kier molecular flexibility index (Phi) is 4.72. The maximum Gasteiger partial charge on any atom is 0.194 e. The zero-order valence-electron chi connectivity index (χ0n) is 11.9. The van der Waals surface area contributed by atoms with Gasteiger partial charge in [0, 0.05) is 19.1 Å². The molecule has 0 heterocycles. The second-order valence-corrected chi connectivity index (χ2v) is 5.22. The van der Waals surface area contributed by atoms with E-state index in [-0.39, 0.29) is 24.0 Å². The summed E-state index contributed by atoms with van der Waals surface area (Å²) in [6.07, 6.45) is 0.631. The van der Waals surface area contributed by atoms with Crippen molar-refractivity contribution in [3.63, 3.8) is 0 Å². The highest BCUT2D eigenvalue weighted by Crippen LogP contribution is 2.44. The normalized spacial score (nSPS) is 23.0. The van der Waals surface area contributed by atoms with Crippen LogP contribution in [0.25, 0.3) is 0 Å². The Morgan fingerprint density at radius 3 is 2.62 bits per heavy atom. The second-order valence-electron chi connectivity index (χ2n) is 5.22. The molecular formula is C14H18F3N3O. The van der Waals surface area contributed by atoms with Gasteiger partial charge in [-0.1, -0.05) is 0 Å². The summed E-state index contributed by atoms with van der Waals surface area (Å²) in [6.45, 7) is 2.37. The summed E-state index contributed by atoms with van der Waals surface area (Å²) < 4.78 is 44.2. The smallest absolute Gasteiger partial charge is 0.194 e. The van der Waals surface area contributed by atoms with Crippen molar-refractivity contribution < 1.29 is 17.9 Å². The van der Waals surface area contributed by atoms with Gasteiger partial charge in [0.25, 0.3) is 0 Å². The molecule has 1 unspecified atom stereocenters. The lowest BCUT2D eigenvalue weighted by atomic mass is 10.1. The second kappa shape index (κ2) is 6.34. The number of methoxy groups -OCH3 is 1. The molecule has 0 aliphatic heterocycles. The van der Waals surface area contributed by atoms with Gasteiger partial charge in [0.2, 0.25) is 0 Å². The molecular weight excluding hydrogens is 283 g/mol. The third kappa shape index (κ3) is 3.87. The first-order valence-electron chi connectivity index (χ1n) is 6.65. The third-order valence-electron chi connectivity index (χ3n) is 3.31. The molecule has 21 heavy (non-hydrogen) atoms. The van der Waals surface area contributed by atoms with Crippen LogP contribution < -0.4 is 11.1 Å². The number of nitrogens with zero attached hydrogens (tertiary/aromatic N) is 1. The molecule has 0 radical (unpaired) electrons. The quantitative estimate of drug-likeness (QED) is 0.496. The number of hydrogen-bond acceptors (Lipinski definition) is 2. The molecule has 0 saturated heterocycles. The molecule has 0 bridgehead atoms. The maximum atomic E-state index is 13.2. The van der Waals surface area contributed by atoms with Gasteiger partial charge in [0.1, 0.15) is 0 Å². The Bertz CT molecular complexity index is 527. The largest absolute Gasteiger partial charge is 0.383 e. The van der Waals surface area contributed by atoms with Crippen LogP contribution in [0, 0.1) is 17.5 Å². The Labute approximate surface area is 121 Å². The Hall–Kier alpha value is -1.76. The summed E-state index contributed by atoms with van der Waals surface area (Å²) in [5.41, 5.74) is 6.15. The Balaban J connectivity index is 1.98. The van der Waals surface area contributed by atoms with E-state index in [4.69, 9.17) is 10.5 Å². The van der Waals surface area contributed by atoms with Gasteiger partial charge < -0.3 is 15.8 Å². The van der Waals surface area contributed by atoms with Crippen LogP contribution in [0.15, 0.2) is 17.1 Å². The molecule has 1 saturated carbocycles. The van der Waals surface area contributed by atoms with Crippen LogP contribution in [0.5, 0.6) is 0 Å². The highest BCUT2D eigenvalue weighted by Gasteiger charge is 2.39. The molecule has 1 fully saturated rings. The highest BCUT2D eigenvalue weighted by molar-refractivity contribution is 5.78. The molecule has 0 amide bonds. The van der Waals surface area contributed by atoms with Crippen molar-refractivity contribution in [2.45, 2.75) is 31.3 Å². The lowest BCUT2D eigenvalue weighted by molar-refractivity contribution is 0.179. The summed E-state index contributed by atoms with van der Waals surface area (Å²) in [7, 11) is 1.58. The van der Waals surface area contributed by atoms with Crippen molar-refractivity contribution in [2.75, 3.05) is 13.7 Å². The molecule has 1 aliphatic rings. The number of hydrogen-bond donors (Lipinski definition) is 2. The van der Waals surface area contributed by atoms with Gasteiger partial charge in [0.05, 0.1) is 12.6 Å². The van der Waals surface area contributed by atoms with Crippen LogP contribution in [0.3, 0.4) is 0 Å². The first-order valence-corrected chi connectivity index (χ1v) is 6.65. The van der Waals surface area contributed by atoms with Crippen LogP contribution in [0.4, 0.5) is 13.2 Å². The van der Waals surface area contributed by atoms with Crippen molar-refractivity contribution in [2.24, 2.45) is 10.7 Å². The number of benzene rings is 1. The van der Waals surface area contributed by atoms with Crippen molar-refractivity contribution in [3.05, 3.63) is 35.1 Å². The van der Waals surface area contributed by atoms with Crippen LogP contribution >= 0.6 is 0 Å². The predicted octanol–water partition coefficient (Wildman–Crippen LogP) is 1.90. The first-order chi connectivity index (χ1) is 9.92. The fourth-order valence-corrected chi connectivity index (χ4v) is 2.23. The van der Waals surface area contributed by atoms with Crippen molar-refractivity contribution in [1.29, 1.82) is 0 Å². The van der Waals surface area contributed by atoms with Gasteiger partial charge in [0.15, 0.2) is 23.4 Å². The molecule has 2 rings (SSSR count). The van der Waals surface area contributed by atoms with E-state index in [1.807, 2.05) is 6.92 Å². The number of ether oxygens (including phenoxy) is 1. The standard InChI is InChI=1S/C14H18F3N3O/c1-7(6-21-2)19-14(18)20-12-5-9(12)8-3-10(15)13(17)11(16)4-8/h3-4,7,9,12H,5-6H2,1-2H3,(H3,18,19,20)/t7?,9-,12+/m0/s1. The lowest BCUT2D eigenvalue weighted by Gasteiger charge is -2.13. The van der Waals surface area contributed by atoms with Crippen LogP contribution in [0.1, 0.15) is 24.8 Å². The molecule has 4 nitrogen and oxygen atoms in total. The zero-order valence-corrected chi connectivity index (χ0v) is 11.9. The average Bonchev–Trinajstić information content (AvgIpc) is 3.14. The van der Waals surface area contributed by atoms with Crippen LogP contribution in [-0.2, 0) is 4.74 Å². The summed E-state index contributed by atoms with van der Waals surface area (Å²) in [6, 6.07) is 1.89. The van der Waals surface area contributed by atoms with Crippen LogP contribution in [-0.4, -0.2) is 31.8 Å². The molecule has 116 valence electrons. The molecule has 3 N–H and O–H groups in total. The Morgan fingerprint density at radius 2 is 2.05 bits per heavy atom. The van der Waals surface area contributed by atoms with E-state index in [9.17, 15) is 13.2 Å². The van der Waals surface area contributed by atoms with Gasteiger partial charge >= 0.3 is 0 Å². The molecule has 3 atom stereocenters. The number of halogens is 3. The molecule has 1 aliphatic carbocycles. The number of nitrogens with one attached hydrogen (secondary N) is 1. The number of guanidine groups is 1. The minimum atomic E-state index is -1.45. The number of nitrogens with two attached hydrogens (primary N) is 1. The summed E-state index contributed by atoms with van der Waals surface area (Å²) in [4.78, 5) is 4.24. The highest BCUT2D eigenvalue weighted by atomic mass is 19.2. The van der Waals surface area contributed by atoms with E-state index in [0.29, 0.717) is 18.6 Å². The predicted molar refractivity (Wildman–Crippen MR) is 73.6 cm³/mol. The summed E-state index contributed by atoms with van der Waals surface area (Å²) in [5, 5.41) is 2.95. The van der Waals surface area contributed by atoms with E-state index in [1.165, 1.54) is 0 Å². The number of aliphatic imine (C=N–C) groups is 1. The Morgan fingerprint density at radius 1 is 1.43 bits per heavy atom. The zero-order chi connectivity index (χ0) is 15.6. The van der Waals surface area contributed by atoms with Crippen molar-refractivity contribution >= 4 is 5.96 Å². The topological polar surface area (TPSA) is 59.6 Å². The minimum Gasteiger partial charge on any atom is -0.383 e. The fraction of sp³-hybridized carbons (Fsp3) is 0.500. The first kappa shape index (κ1) is 15.6. The number of rotatable bonds is 5. The van der Waals surface area contributed by atoms with Crippen LogP contribution in [0.2, 0.25) is 0 Å². The molecule has 7 heteroatoms. The van der Waals surface area contributed by atoms with E-state index in [2.05, 4.69) is 10.3 Å². The van der Waals surface area contributed by atoms with Gasteiger partial charge in [-0.15, -0.1) is 0 Å². The molecule has 1 aromatic carbocycles. The van der Waals surface area contributed by atoms with Gasteiger partial charge in [-0.25, -0.2) is 18.2 Å². The van der Waals surface area contributed by atoms with E-state index >= 15 is 0 Å². The lowest BCUT2D eigenvalue weighted by Crippen LogP contribution is -2.40. The van der Waals surface area contributed by atoms with Crippen molar-refractivity contribution in [3.8, 4) is 0 Å². The molecule has 0 spiro atoms. The van der Waals surface area contributed by atoms with Crippen molar-refractivity contribution in [1.82, 2.24) is 5.32 Å². The minimum absolute atomic E-state index is 0.0108. The molecule has 1 aromatic rings. The van der Waals surface area contributed by atoms with E-state index in [0.717, 1.165) is 12.1 Å². The SMILES string of the molecule is COCC(C)NC(N)=N[C@@H]1C[C@H]1c1cc(F)c(F)c(F)c1. The fourth-order valence-electron chi connectivity index (χ4n) is 2.23. The summed E-state index contributed by atoms with van der Waals surface area (Å²) >= 11 is 0. The molecule has 0 aromatic heterocycles. The maximum absolute atomic E-state index is 13.2. The average molecular weight is 301 g/mol. The summed E-state index contributed by atoms with van der Waals surface area (Å²) in [5.74, 6) is -3.68. The van der Waals surface area contributed by atoms with E-state index < -0.39 is 17.5 Å². The third-order valence-corrected chi connectivity index (χ3v) is 3.31.